The van der Waals surface area contributed by atoms with Crippen LogP contribution in [0.25, 0.3) is 17.2 Å². The van der Waals surface area contributed by atoms with Crippen molar-refractivity contribution >= 4 is 45.9 Å². The van der Waals surface area contributed by atoms with Crippen molar-refractivity contribution in [1.29, 1.82) is 0 Å². The van der Waals surface area contributed by atoms with Crippen molar-refractivity contribution in [2.45, 2.75) is 13.5 Å². The third kappa shape index (κ3) is 6.43. The second-order valence-electron chi connectivity index (χ2n) is 8.24. The molecule has 0 bridgehead atoms. The molecule has 38 heavy (non-hydrogen) atoms. The van der Waals surface area contributed by atoms with Crippen LogP contribution in [0, 0.1) is 6.92 Å². The lowest BCUT2D eigenvalue weighted by molar-refractivity contribution is -0.111. The van der Waals surface area contributed by atoms with Gasteiger partial charge in [-0.25, -0.2) is 4.79 Å². The average molecular weight is 548 g/mol. The van der Waals surface area contributed by atoms with E-state index in [1.165, 1.54) is 24.5 Å². The number of ether oxygens (including phenoxy) is 3. The first-order valence-corrected chi connectivity index (χ1v) is 12.9. The fourth-order valence-electron chi connectivity index (χ4n) is 3.86. The topological polar surface area (TPSA) is 73.9 Å². The number of methoxy groups -OCH3 is 2. The first-order chi connectivity index (χ1) is 18.4. The number of carbonyl (C=O) groups excluding carboxylic acids is 2. The minimum atomic E-state index is -0.508. The number of amides is 1. The smallest absolute Gasteiger partial charge is 0.341 e. The Morgan fingerprint density at radius 2 is 1.71 bits per heavy atom. The lowest BCUT2D eigenvalue weighted by Gasteiger charge is -2.11. The number of esters is 1. The second-order valence-corrected chi connectivity index (χ2v) is 9.90. The summed E-state index contributed by atoms with van der Waals surface area (Å²) in [5.41, 5.74) is 3.69. The van der Waals surface area contributed by atoms with Gasteiger partial charge in [0.15, 0.2) is 11.5 Å². The molecule has 4 aromatic rings. The van der Waals surface area contributed by atoms with Crippen molar-refractivity contribution in [3.63, 3.8) is 0 Å². The molecule has 1 aromatic heterocycles. The van der Waals surface area contributed by atoms with E-state index in [1.807, 2.05) is 67.6 Å². The normalized spacial score (nSPS) is 10.8. The average Bonchev–Trinajstić information content (AvgIpc) is 3.26. The maximum absolute atomic E-state index is 12.8. The van der Waals surface area contributed by atoms with Crippen molar-refractivity contribution in [2.24, 2.45) is 0 Å². The summed E-state index contributed by atoms with van der Waals surface area (Å²) < 4.78 is 16.4. The summed E-state index contributed by atoms with van der Waals surface area (Å²) in [6, 6.07) is 22.4. The van der Waals surface area contributed by atoms with Gasteiger partial charge in [-0.15, -0.1) is 11.3 Å². The first kappa shape index (κ1) is 27.0. The number of aryl methyl sites for hydroxylation is 1. The van der Waals surface area contributed by atoms with Gasteiger partial charge < -0.3 is 19.5 Å². The standard InChI is InChI=1S/C30H26ClNO5S/c1-19-27(22-7-5-4-6-8-22)28(30(34)36-3)29(38-19)32-26(33)16-12-20-11-15-24(25(17-20)35-2)37-18-21-9-13-23(31)14-10-21/h4-17H,18H2,1-3H3,(H,32,33)/b16-12+. The maximum Gasteiger partial charge on any atom is 0.341 e. The molecule has 8 heteroatoms. The van der Waals surface area contributed by atoms with E-state index in [9.17, 15) is 9.59 Å². The largest absolute Gasteiger partial charge is 0.493 e. The van der Waals surface area contributed by atoms with Gasteiger partial charge in [0.25, 0.3) is 0 Å². The highest BCUT2D eigenvalue weighted by atomic mass is 35.5. The number of nitrogens with one attached hydrogen (secondary N) is 1. The first-order valence-electron chi connectivity index (χ1n) is 11.7. The van der Waals surface area contributed by atoms with Gasteiger partial charge in [-0.3, -0.25) is 4.79 Å². The van der Waals surface area contributed by atoms with Crippen molar-refractivity contribution in [3.8, 4) is 22.6 Å². The molecule has 0 unspecified atom stereocenters. The van der Waals surface area contributed by atoms with Crippen molar-refractivity contribution in [1.82, 2.24) is 0 Å². The summed E-state index contributed by atoms with van der Waals surface area (Å²) in [5.74, 6) is 0.231. The summed E-state index contributed by atoms with van der Waals surface area (Å²) in [4.78, 5) is 26.3. The molecule has 1 N–H and O–H groups in total. The van der Waals surface area contributed by atoms with E-state index in [0.29, 0.717) is 33.7 Å². The van der Waals surface area contributed by atoms with E-state index in [0.717, 1.165) is 27.1 Å². The van der Waals surface area contributed by atoms with Crippen LogP contribution in [0.3, 0.4) is 0 Å². The van der Waals surface area contributed by atoms with Crippen LogP contribution in [0.4, 0.5) is 5.00 Å². The monoisotopic (exact) mass is 547 g/mol. The number of thiophene rings is 1. The number of hydrogen-bond acceptors (Lipinski definition) is 6. The lowest BCUT2D eigenvalue weighted by atomic mass is 10.0. The summed E-state index contributed by atoms with van der Waals surface area (Å²) in [6.45, 7) is 2.27. The highest BCUT2D eigenvalue weighted by molar-refractivity contribution is 7.17. The molecule has 0 aliphatic rings. The Bertz CT molecular complexity index is 1460. The molecule has 0 fully saturated rings. The minimum absolute atomic E-state index is 0.340. The van der Waals surface area contributed by atoms with Crippen molar-refractivity contribution in [3.05, 3.63) is 105 Å². The Morgan fingerprint density at radius 3 is 2.39 bits per heavy atom. The van der Waals surface area contributed by atoms with Crippen LogP contribution in [-0.4, -0.2) is 26.1 Å². The SMILES string of the molecule is COC(=O)c1c(NC(=O)/C=C/c2ccc(OCc3ccc(Cl)cc3)c(OC)c2)sc(C)c1-c1ccccc1. The molecule has 0 aliphatic heterocycles. The Balaban J connectivity index is 1.49. The zero-order valence-electron chi connectivity index (χ0n) is 21.1. The zero-order chi connectivity index (χ0) is 27.1. The van der Waals surface area contributed by atoms with Gasteiger partial charge in [0, 0.05) is 21.5 Å². The molecular weight excluding hydrogens is 522 g/mol. The van der Waals surface area contributed by atoms with Gasteiger partial charge in [0.1, 0.15) is 17.2 Å². The van der Waals surface area contributed by atoms with Crippen LogP contribution in [-0.2, 0) is 16.1 Å². The van der Waals surface area contributed by atoms with Gasteiger partial charge in [0.05, 0.1) is 14.2 Å². The maximum atomic E-state index is 12.8. The molecule has 0 spiro atoms. The lowest BCUT2D eigenvalue weighted by Crippen LogP contribution is -2.11. The van der Waals surface area contributed by atoms with E-state index in [1.54, 1.807) is 25.3 Å². The van der Waals surface area contributed by atoms with Crippen LogP contribution >= 0.6 is 22.9 Å². The van der Waals surface area contributed by atoms with Crippen LogP contribution in [0.2, 0.25) is 5.02 Å². The molecule has 0 aliphatic carbocycles. The summed E-state index contributed by atoms with van der Waals surface area (Å²) in [6.07, 6.45) is 3.07. The highest BCUT2D eigenvalue weighted by Gasteiger charge is 2.24. The molecule has 0 saturated heterocycles. The molecule has 0 saturated carbocycles. The number of anilines is 1. The second kappa shape index (κ2) is 12.4. The van der Waals surface area contributed by atoms with Crippen molar-refractivity contribution < 1.29 is 23.8 Å². The van der Waals surface area contributed by atoms with Gasteiger partial charge >= 0.3 is 5.97 Å². The highest BCUT2D eigenvalue weighted by Crippen LogP contribution is 2.40. The predicted molar refractivity (Wildman–Crippen MR) is 152 cm³/mol. The van der Waals surface area contributed by atoms with Gasteiger partial charge in [-0.2, -0.15) is 0 Å². The van der Waals surface area contributed by atoms with E-state index in [-0.39, 0.29) is 5.91 Å². The van der Waals surface area contributed by atoms with E-state index in [4.69, 9.17) is 25.8 Å². The molecule has 4 rings (SSSR count). The molecule has 194 valence electrons. The molecule has 1 amide bonds. The third-order valence-electron chi connectivity index (χ3n) is 5.70. The summed E-state index contributed by atoms with van der Waals surface area (Å²) in [5, 5.41) is 3.94. The fraction of sp³-hybridized carbons (Fsp3) is 0.133. The number of carbonyl (C=O) groups is 2. The van der Waals surface area contributed by atoms with E-state index < -0.39 is 5.97 Å². The van der Waals surface area contributed by atoms with Crippen LogP contribution in [0.15, 0.2) is 78.9 Å². The molecule has 6 nitrogen and oxygen atoms in total. The molecule has 0 radical (unpaired) electrons. The minimum Gasteiger partial charge on any atom is -0.493 e. The number of halogens is 1. The van der Waals surface area contributed by atoms with E-state index >= 15 is 0 Å². The molecule has 0 atom stereocenters. The Labute approximate surface area is 230 Å². The number of hydrogen-bond donors (Lipinski definition) is 1. The Hall–Kier alpha value is -4.07. The summed E-state index contributed by atoms with van der Waals surface area (Å²) >= 11 is 7.27. The van der Waals surface area contributed by atoms with Gasteiger partial charge in [0.2, 0.25) is 5.91 Å². The number of rotatable bonds is 9. The van der Waals surface area contributed by atoms with E-state index in [2.05, 4.69) is 5.32 Å². The quantitative estimate of drug-likeness (QED) is 0.174. The number of benzene rings is 3. The van der Waals surface area contributed by atoms with Crippen LogP contribution < -0.4 is 14.8 Å². The Morgan fingerprint density at radius 1 is 0.974 bits per heavy atom. The molecular formula is C30H26ClNO5S. The summed E-state index contributed by atoms with van der Waals surface area (Å²) in [7, 11) is 2.88. The third-order valence-corrected chi connectivity index (χ3v) is 6.97. The zero-order valence-corrected chi connectivity index (χ0v) is 22.7. The van der Waals surface area contributed by atoms with Gasteiger partial charge in [-0.05, 0) is 54.0 Å². The fourth-order valence-corrected chi connectivity index (χ4v) is 5.05. The van der Waals surface area contributed by atoms with Crippen LogP contribution in [0.5, 0.6) is 11.5 Å². The van der Waals surface area contributed by atoms with Crippen molar-refractivity contribution in [2.75, 3.05) is 19.5 Å². The van der Waals surface area contributed by atoms with Gasteiger partial charge in [-0.1, -0.05) is 60.1 Å². The molecule has 3 aromatic carbocycles. The predicted octanol–water partition coefficient (Wildman–Crippen LogP) is 7.40. The molecule has 1 heterocycles. The Kier molecular flexibility index (Phi) is 8.84. The van der Waals surface area contributed by atoms with Crippen LogP contribution in [0.1, 0.15) is 26.4 Å².